The van der Waals surface area contributed by atoms with E-state index in [4.69, 9.17) is 0 Å². The Bertz CT molecular complexity index is 729. The number of carbonyl (C=O) groups excluding carboxylic acids is 1. The number of aromatic nitrogens is 4. The zero-order valence-electron chi connectivity index (χ0n) is 15.5. The average molecular weight is 341 g/mol. The van der Waals surface area contributed by atoms with Gasteiger partial charge in [0.25, 0.3) is 0 Å². The average Bonchev–Trinajstić information content (AvgIpc) is 3.01. The maximum atomic E-state index is 12.5. The van der Waals surface area contributed by atoms with E-state index in [1.165, 1.54) is 0 Å². The second-order valence-electron chi connectivity index (χ2n) is 8.02. The summed E-state index contributed by atoms with van der Waals surface area (Å²) in [5, 5.41) is 0. The van der Waals surface area contributed by atoms with E-state index >= 15 is 0 Å². The summed E-state index contributed by atoms with van der Waals surface area (Å²) < 4.78 is 0. The van der Waals surface area contributed by atoms with Crippen molar-refractivity contribution in [3.8, 4) is 11.5 Å². The number of nitrogens with one attached hydrogen (secondary N) is 1. The summed E-state index contributed by atoms with van der Waals surface area (Å²) >= 11 is 0. The van der Waals surface area contributed by atoms with Gasteiger partial charge in [-0.05, 0) is 32.1 Å². The molecule has 1 aliphatic rings. The van der Waals surface area contributed by atoms with Crippen LogP contribution in [0.4, 0.5) is 0 Å². The molecule has 1 amide bonds. The van der Waals surface area contributed by atoms with Crippen molar-refractivity contribution in [2.75, 3.05) is 13.1 Å². The van der Waals surface area contributed by atoms with Crippen molar-refractivity contribution in [3.05, 3.63) is 30.0 Å². The largest absolute Gasteiger partial charge is 0.342 e. The summed E-state index contributed by atoms with van der Waals surface area (Å²) in [5.41, 5.74) is 2.42. The predicted octanol–water partition coefficient (Wildman–Crippen LogP) is 3.00. The number of carbonyl (C=O) groups is 1. The Morgan fingerprint density at radius 2 is 2.04 bits per heavy atom. The van der Waals surface area contributed by atoms with Gasteiger partial charge in [0.15, 0.2) is 5.82 Å². The Morgan fingerprint density at radius 1 is 1.24 bits per heavy atom. The Kier molecular flexibility index (Phi) is 4.88. The standard InChI is InChI=1S/C19H27N5O/c1-13-9-22-17(23-13)16-11-20-15(10-21-16)8-14-6-5-7-24(12-14)18(25)19(2,3)4/h9-11,14H,5-8,12H2,1-4H3,(H,22,23). The first kappa shape index (κ1) is 17.6. The molecular formula is C19H27N5O. The Labute approximate surface area is 149 Å². The number of likely N-dealkylation sites (tertiary alicyclic amines) is 1. The van der Waals surface area contributed by atoms with E-state index in [0.717, 1.165) is 55.3 Å². The fourth-order valence-corrected chi connectivity index (χ4v) is 3.31. The van der Waals surface area contributed by atoms with Crippen molar-refractivity contribution >= 4 is 5.91 Å². The molecule has 0 aliphatic carbocycles. The van der Waals surface area contributed by atoms with Crippen LogP contribution in [-0.4, -0.2) is 43.8 Å². The van der Waals surface area contributed by atoms with Gasteiger partial charge in [-0.15, -0.1) is 0 Å². The topological polar surface area (TPSA) is 74.8 Å². The van der Waals surface area contributed by atoms with Crippen LogP contribution >= 0.6 is 0 Å². The molecule has 0 saturated carbocycles. The van der Waals surface area contributed by atoms with Crippen LogP contribution in [0.1, 0.15) is 45.0 Å². The van der Waals surface area contributed by atoms with Crippen LogP contribution < -0.4 is 0 Å². The molecule has 1 atom stereocenters. The molecule has 1 fully saturated rings. The van der Waals surface area contributed by atoms with Crippen molar-refractivity contribution in [2.24, 2.45) is 11.3 Å². The lowest BCUT2D eigenvalue weighted by Gasteiger charge is -2.36. The number of aryl methyl sites for hydroxylation is 1. The van der Waals surface area contributed by atoms with Crippen LogP contribution in [0, 0.1) is 18.3 Å². The molecule has 3 rings (SSSR count). The third-order valence-corrected chi connectivity index (χ3v) is 4.60. The smallest absolute Gasteiger partial charge is 0.227 e. The van der Waals surface area contributed by atoms with Crippen LogP contribution in [0.25, 0.3) is 11.5 Å². The van der Waals surface area contributed by atoms with E-state index in [2.05, 4.69) is 19.9 Å². The minimum absolute atomic E-state index is 0.242. The molecule has 2 aromatic heterocycles. The van der Waals surface area contributed by atoms with E-state index in [9.17, 15) is 4.79 Å². The zero-order chi connectivity index (χ0) is 18.0. The zero-order valence-corrected chi connectivity index (χ0v) is 15.5. The maximum Gasteiger partial charge on any atom is 0.227 e. The van der Waals surface area contributed by atoms with Gasteiger partial charge < -0.3 is 9.88 Å². The van der Waals surface area contributed by atoms with Crippen LogP contribution in [0.15, 0.2) is 18.6 Å². The third kappa shape index (κ3) is 4.24. The van der Waals surface area contributed by atoms with Gasteiger partial charge in [0.05, 0.1) is 11.9 Å². The molecule has 1 aliphatic heterocycles. The van der Waals surface area contributed by atoms with Gasteiger partial charge in [-0.25, -0.2) is 9.97 Å². The second-order valence-corrected chi connectivity index (χ2v) is 8.02. The predicted molar refractivity (Wildman–Crippen MR) is 96.8 cm³/mol. The Morgan fingerprint density at radius 3 is 2.64 bits per heavy atom. The molecule has 0 aromatic carbocycles. The second kappa shape index (κ2) is 6.94. The van der Waals surface area contributed by atoms with E-state index < -0.39 is 0 Å². The molecule has 0 bridgehead atoms. The summed E-state index contributed by atoms with van der Waals surface area (Å²) in [4.78, 5) is 31.0. The van der Waals surface area contributed by atoms with E-state index in [0.29, 0.717) is 5.92 Å². The molecule has 2 aromatic rings. The number of amides is 1. The first-order chi connectivity index (χ1) is 11.8. The van der Waals surface area contributed by atoms with Gasteiger partial charge in [-0.2, -0.15) is 0 Å². The molecular weight excluding hydrogens is 314 g/mol. The molecule has 3 heterocycles. The molecule has 134 valence electrons. The summed E-state index contributed by atoms with van der Waals surface area (Å²) in [5.74, 6) is 1.44. The molecule has 25 heavy (non-hydrogen) atoms. The van der Waals surface area contributed by atoms with E-state index in [1.807, 2.05) is 38.8 Å². The van der Waals surface area contributed by atoms with Gasteiger partial charge in [-0.3, -0.25) is 9.78 Å². The SMILES string of the molecule is Cc1cnc(-c2cnc(CC3CCCN(C(=O)C(C)(C)C)C3)cn2)[nH]1. The highest BCUT2D eigenvalue weighted by atomic mass is 16.2. The van der Waals surface area contributed by atoms with Crippen molar-refractivity contribution < 1.29 is 4.79 Å². The van der Waals surface area contributed by atoms with Gasteiger partial charge in [-0.1, -0.05) is 20.8 Å². The van der Waals surface area contributed by atoms with E-state index in [-0.39, 0.29) is 11.3 Å². The highest BCUT2D eigenvalue weighted by molar-refractivity contribution is 5.81. The molecule has 1 unspecified atom stereocenters. The van der Waals surface area contributed by atoms with Crippen LogP contribution in [0.3, 0.4) is 0 Å². The first-order valence-electron chi connectivity index (χ1n) is 8.95. The van der Waals surface area contributed by atoms with Crippen molar-refractivity contribution in [3.63, 3.8) is 0 Å². The van der Waals surface area contributed by atoms with Crippen molar-refractivity contribution in [1.82, 2.24) is 24.8 Å². The number of hydrogen-bond donors (Lipinski definition) is 1. The molecule has 1 N–H and O–H groups in total. The highest BCUT2D eigenvalue weighted by Crippen LogP contribution is 2.25. The summed E-state index contributed by atoms with van der Waals surface area (Å²) in [6, 6.07) is 0. The number of hydrogen-bond acceptors (Lipinski definition) is 4. The summed E-state index contributed by atoms with van der Waals surface area (Å²) in [7, 11) is 0. The Hall–Kier alpha value is -2.24. The van der Waals surface area contributed by atoms with Crippen LogP contribution in [0.2, 0.25) is 0 Å². The highest BCUT2D eigenvalue weighted by Gasteiger charge is 2.31. The van der Waals surface area contributed by atoms with E-state index in [1.54, 1.807) is 12.4 Å². The van der Waals surface area contributed by atoms with Crippen LogP contribution in [0.5, 0.6) is 0 Å². The normalized spacial score (nSPS) is 18.4. The molecule has 6 nitrogen and oxygen atoms in total. The van der Waals surface area contributed by atoms with Gasteiger partial charge in [0, 0.05) is 36.6 Å². The lowest BCUT2D eigenvalue weighted by Crippen LogP contribution is -2.45. The fourth-order valence-electron chi connectivity index (χ4n) is 3.31. The minimum Gasteiger partial charge on any atom is -0.342 e. The van der Waals surface area contributed by atoms with Gasteiger partial charge in [0.2, 0.25) is 5.91 Å². The van der Waals surface area contributed by atoms with Crippen molar-refractivity contribution in [1.29, 1.82) is 0 Å². The number of piperidine rings is 1. The number of rotatable bonds is 3. The summed E-state index contributed by atoms with van der Waals surface area (Å²) in [6.45, 7) is 9.61. The third-order valence-electron chi connectivity index (χ3n) is 4.60. The maximum absolute atomic E-state index is 12.5. The molecule has 0 spiro atoms. The lowest BCUT2D eigenvalue weighted by molar-refractivity contribution is -0.141. The number of imidazole rings is 1. The quantitative estimate of drug-likeness (QED) is 0.931. The molecule has 1 saturated heterocycles. The van der Waals surface area contributed by atoms with Gasteiger partial charge in [0.1, 0.15) is 5.69 Å². The summed E-state index contributed by atoms with van der Waals surface area (Å²) in [6.07, 6.45) is 8.44. The fraction of sp³-hybridized carbons (Fsp3) is 0.579. The number of H-pyrrole nitrogens is 1. The number of nitrogens with zero attached hydrogens (tertiary/aromatic N) is 4. The molecule has 0 radical (unpaired) electrons. The monoisotopic (exact) mass is 341 g/mol. The van der Waals surface area contributed by atoms with Crippen molar-refractivity contribution in [2.45, 2.75) is 47.0 Å². The number of aromatic amines is 1. The van der Waals surface area contributed by atoms with Crippen LogP contribution in [-0.2, 0) is 11.2 Å². The molecule has 6 heteroatoms. The van der Waals surface area contributed by atoms with Gasteiger partial charge >= 0.3 is 0 Å². The minimum atomic E-state index is -0.315. The first-order valence-corrected chi connectivity index (χ1v) is 8.95. The lowest BCUT2D eigenvalue weighted by atomic mass is 9.89. The Balaban J connectivity index is 1.63.